The quantitative estimate of drug-likeness (QED) is 0.0886. The Morgan fingerprint density at radius 1 is 0.460 bits per heavy atom. The number of nitrogens with zero attached hydrogens (tertiary/aromatic N) is 10. The first-order valence-corrected chi connectivity index (χ1v) is 21.8. The summed E-state index contributed by atoms with van der Waals surface area (Å²) in [7, 11) is 0. The molecule has 0 aliphatic carbocycles. The molecule has 0 atom stereocenters. The standard InChI is InChI=1S/C19H14N4S.C14H9N5S.C14H12N4S/c1-2-8-14(9-3-1)18(16-11-6-7-13-20-16)22-23-19-21-15-10-4-5-12-17(15)24-19;15-9-12(10-5-3-4-8-16-10)18-19-14-17-11-6-1-2-7-13(11)20-14;1-10(11-6-4-5-9-15-11)17-18-14-16-12-7-2-3-8-13(12)19-14/h1-13H,(H,21,23);1-8H,(H,17,19);2-9H,1H3,(H,16,18)/b22-18+;18-12+;17-10+. The third-order valence-corrected chi connectivity index (χ3v) is 11.6. The number of hydrazone groups is 3. The molecule has 10 rings (SSSR count). The number of nitriles is 1. The van der Waals surface area contributed by atoms with Gasteiger partial charge >= 0.3 is 0 Å². The zero-order chi connectivity index (χ0) is 43.1. The molecule has 0 aliphatic rings. The van der Waals surface area contributed by atoms with Crippen molar-refractivity contribution in [2.24, 2.45) is 15.3 Å². The monoisotopic (exact) mass is 877 g/mol. The van der Waals surface area contributed by atoms with Crippen molar-refractivity contribution >= 4 is 97.2 Å². The van der Waals surface area contributed by atoms with Crippen LogP contribution in [0.25, 0.3) is 30.6 Å². The fourth-order valence-corrected chi connectivity index (χ4v) is 8.17. The topological polar surface area (TPSA) is 174 Å². The number of nitrogens with one attached hydrogen (secondary N) is 3. The minimum atomic E-state index is 0.227. The van der Waals surface area contributed by atoms with Gasteiger partial charge in [-0.1, -0.05) is 119 Å². The molecule has 0 radical (unpaired) electrons. The zero-order valence-electron chi connectivity index (χ0n) is 33.4. The highest BCUT2D eigenvalue weighted by molar-refractivity contribution is 7.22. The summed E-state index contributed by atoms with van der Waals surface area (Å²) in [6.45, 7) is 1.92. The zero-order valence-corrected chi connectivity index (χ0v) is 35.9. The Hall–Kier alpha value is -8.10. The molecule has 3 N–H and O–H groups in total. The maximum Gasteiger partial charge on any atom is 0.204 e. The van der Waals surface area contributed by atoms with Crippen molar-refractivity contribution in [2.75, 3.05) is 16.3 Å². The van der Waals surface area contributed by atoms with Crippen LogP contribution in [-0.2, 0) is 0 Å². The van der Waals surface area contributed by atoms with Crippen molar-refractivity contribution in [1.82, 2.24) is 29.9 Å². The first-order valence-electron chi connectivity index (χ1n) is 19.3. The van der Waals surface area contributed by atoms with E-state index in [4.69, 9.17) is 5.26 Å². The molecule has 0 amide bonds. The highest BCUT2D eigenvalue weighted by Crippen LogP contribution is 2.27. The molecule has 0 bridgehead atoms. The summed E-state index contributed by atoms with van der Waals surface area (Å²) in [6, 6.07) is 52.8. The van der Waals surface area contributed by atoms with Gasteiger partial charge in [-0.25, -0.2) is 15.0 Å². The second-order valence-electron chi connectivity index (χ2n) is 13.0. The van der Waals surface area contributed by atoms with Crippen molar-refractivity contribution in [3.8, 4) is 6.07 Å². The van der Waals surface area contributed by atoms with E-state index in [1.54, 1.807) is 53.4 Å². The summed E-state index contributed by atoms with van der Waals surface area (Å²) in [6.07, 6.45) is 5.15. The van der Waals surface area contributed by atoms with Gasteiger partial charge in [0.1, 0.15) is 17.5 Å². The van der Waals surface area contributed by atoms with E-state index in [0.717, 1.165) is 69.3 Å². The first kappa shape index (κ1) is 41.6. The molecule has 0 fully saturated rings. The molecule has 0 saturated heterocycles. The summed E-state index contributed by atoms with van der Waals surface area (Å²) >= 11 is 4.65. The summed E-state index contributed by atoms with van der Waals surface area (Å²) in [5.74, 6) is 0. The van der Waals surface area contributed by atoms with Crippen LogP contribution in [0.2, 0.25) is 0 Å². The predicted molar refractivity (Wildman–Crippen MR) is 259 cm³/mol. The molecule has 16 heteroatoms. The van der Waals surface area contributed by atoms with Gasteiger partial charge < -0.3 is 0 Å². The molecule has 0 unspecified atom stereocenters. The van der Waals surface area contributed by atoms with Gasteiger partial charge in [0.05, 0.1) is 47.7 Å². The van der Waals surface area contributed by atoms with Crippen LogP contribution in [-0.4, -0.2) is 47.0 Å². The van der Waals surface area contributed by atoms with Crippen molar-refractivity contribution in [2.45, 2.75) is 6.92 Å². The second kappa shape index (κ2) is 20.9. The van der Waals surface area contributed by atoms with Crippen LogP contribution in [0, 0.1) is 11.3 Å². The number of rotatable bonds is 10. The predicted octanol–water partition coefficient (Wildman–Crippen LogP) is 11.1. The molecule has 10 aromatic rings. The van der Waals surface area contributed by atoms with Crippen molar-refractivity contribution in [3.05, 3.63) is 199 Å². The van der Waals surface area contributed by atoms with Crippen LogP contribution in [0.4, 0.5) is 15.4 Å². The minimum Gasteiger partial charge on any atom is -0.255 e. The molecule has 6 heterocycles. The van der Waals surface area contributed by atoms with Crippen LogP contribution in [0.1, 0.15) is 29.6 Å². The smallest absolute Gasteiger partial charge is 0.204 e. The van der Waals surface area contributed by atoms with Crippen LogP contribution in [0.3, 0.4) is 0 Å². The van der Waals surface area contributed by atoms with E-state index in [1.165, 1.54) is 11.3 Å². The Labute approximate surface area is 374 Å². The lowest BCUT2D eigenvalue weighted by atomic mass is 10.1. The summed E-state index contributed by atoms with van der Waals surface area (Å²) in [4.78, 5) is 26.2. The summed E-state index contributed by atoms with van der Waals surface area (Å²) < 4.78 is 3.35. The van der Waals surface area contributed by atoms with E-state index < -0.39 is 0 Å². The Kier molecular flexibility index (Phi) is 13.8. The average molecular weight is 878 g/mol. The molecule has 0 aliphatic heterocycles. The Morgan fingerprint density at radius 2 is 0.873 bits per heavy atom. The second-order valence-corrected chi connectivity index (χ2v) is 16.1. The molecule has 0 saturated carbocycles. The maximum atomic E-state index is 9.12. The molecule has 63 heavy (non-hydrogen) atoms. The van der Waals surface area contributed by atoms with Gasteiger partial charge in [0.25, 0.3) is 0 Å². The summed E-state index contributed by atoms with van der Waals surface area (Å²) in [5.41, 5.74) is 16.8. The number of hydrogen-bond acceptors (Lipinski definition) is 16. The molecular formula is C47H35N13S3. The number of aromatic nitrogens is 6. The van der Waals surface area contributed by atoms with Crippen LogP contribution < -0.4 is 16.3 Å². The number of fused-ring (bicyclic) bond motifs is 3. The lowest BCUT2D eigenvalue weighted by Gasteiger charge is -2.06. The van der Waals surface area contributed by atoms with E-state index in [-0.39, 0.29) is 5.71 Å². The van der Waals surface area contributed by atoms with Crippen LogP contribution in [0.5, 0.6) is 0 Å². The SMILES string of the molecule is C/C(=N\Nc1nc2ccccc2s1)c1ccccn1.N#C/C(=N\Nc1nc2ccccc2s1)c1ccccn1.c1ccc(/C(=N\Nc2nc3ccccc3s2)c2ccccn2)cc1. The van der Waals surface area contributed by atoms with Gasteiger partial charge in [0.15, 0.2) is 5.71 Å². The maximum absolute atomic E-state index is 9.12. The van der Waals surface area contributed by atoms with Gasteiger partial charge in [0, 0.05) is 24.2 Å². The van der Waals surface area contributed by atoms with Crippen molar-refractivity contribution in [3.63, 3.8) is 0 Å². The van der Waals surface area contributed by atoms with Gasteiger partial charge in [-0.05, 0) is 79.7 Å². The van der Waals surface area contributed by atoms with E-state index in [0.29, 0.717) is 10.8 Å². The van der Waals surface area contributed by atoms with Crippen molar-refractivity contribution < 1.29 is 0 Å². The van der Waals surface area contributed by atoms with E-state index in [9.17, 15) is 0 Å². The largest absolute Gasteiger partial charge is 0.255 e. The number of thiazole rings is 3. The Morgan fingerprint density at radius 3 is 1.33 bits per heavy atom. The van der Waals surface area contributed by atoms with Crippen LogP contribution in [0.15, 0.2) is 192 Å². The number of benzene rings is 4. The fraction of sp³-hybridized carbons (Fsp3) is 0.0213. The molecule has 6 aromatic heterocycles. The number of para-hydroxylation sites is 3. The lowest BCUT2D eigenvalue weighted by molar-refractivity contribution is 1.24. The molecule has 0 spiro atoms. The van der Waals surface area contributed by atoms with E-state index in [1.807, 2.05) is 153 Å². The number of hydrogen-bond donors (Lipinski definition) is 3. The van der Waals surface area contributed by atoms with E-state index in [2.05, 4.69) is 67.6 Å². The number of anilines is 3. The third kappa shape index (κ3) is 11.2. The molecule has 4 aromatic carbocycles. The minimum absolute atomic E-state index is 0.227. The number of pyridine rings is 3. The lowest BCUT2D eigenvalue weighted by Crippen LogP contribution is -2.08. The Bertz CT molecular complexity index is 3040. The molecule has 306 valence electrons. The normalized spacial score (nSPS) is 11.5. The van der Waals surface area contributed by atoms with Gasteiger partial charge in [-0.2, -0.15) is 20.6 Å². The van der Waals surface area contributed by atoms with Crippen LogP contribution >= 0.6 is 34.0 Å². The van der Waals surface area contributed by atoms with Gasteiger partial charge in [-0.15, -0.1) is 0 Å². The fourth-order valence-electron chi connectivity index (χ4n) is 5.74. The summed E-state index contributed by atoms with van der Waals surface area (Å²) in [5, 5.41) is 24.3. The third-order valence-electron chi connectivity index (χ3n) is 8.73. The molecule has 13 nitrogen and oxygen atoms in total. The average Bonchev–Trinajstić information content (AvgIpc) is 4.09. The van der Waals surface area contributed by atoms with Crippen molar-refractivity contribution in [1.29, 1.82) is 5.26 Å². The molecular weight excluding hydrogens is 843 g/mol. The van der Waals surface area contributed by atoms with E-state index >= 15 is 0 Å². The van der Waals surface area contributed by atoms with Gasteiger partial charge in [-0.3, -0.25) is 31.2 Å². The first-order chi connectivity index (χ1) is 31.1. The van der Waals surface area contributed by atoms with Gasteiger partial charge in [0.2, 0.25) is 15.4 Å². The highest BCUT2D eigenvalue weighted by atomic mass is 32.1. The Balaban J connectivity index is 0.000000131. The highest BCUT2D eigenvalue weighted by Gasteiger charge is 2.10.